The molecule has 26 heavy (non-hydrogen) atoms. The zero-order valence-corrected chi connectivity index (χ0v) is 15.8. The Morgan fingerprint density at radius 2 is 1.77 bits per heavy atom. The minimum absolute atomic E-state index is 0.0923. The van der Waals surface area contributed by atoms with E-state index in [1.807, 2.05) is 0 Å². The Labute approximate surface area is 152 Å². The van der Waals surface area contributed by atoms with E-state index in [2.05, 4.69) is 15.6 Å². The maximum Gasteiger partial charge on any atom is 0.511 e. The fourth-order valence-corrected chi connectivity index (χ4v) is 4.79. The van der Waals surface area contributed by atoms with Crippen molar-refractivity contribution in [2.45, 2.75) is 44.0 Å². The molecule has 0 atom stereocenters. The van der Waals surface area contributed by atoms with Crippen LogP contribution in [-0.2, 0) is 10.0 Å². The molecule has 10 heteroatoms. The Hall–Kier alpha value is -1.03. The minimum Gasteiger partial charge on any atom is -0.356 e. The largest absolute Gasteiger partial charge is 0.511 e. The highest BCUT2D eigenvalue weighted by Crippen LogP contribution is 2.60. The molecule has 3 fully saturated rings. The van der Waals surface area contributed by atoms with Gasteiger partial charge in [0.25, 0.3) is 0 Å². The summed E-state index contributed by atoms with van der Waals surface area (Å²) in [7, 11) is -3.50. The van der Waals surface area contributed by atoms with Crippen LogP contribution in [0, 0.1) is 17.3 Å². The van der Waals surface area contributed by atoms with Gasteiger partial charge in [-0.1, -0.05) is 0 Å². The van der Waals surface area contributed by atoms with Gasteiger partial charge in [0.15, 0.2) is 5.96 Å². The van der Waals surface area contributed by atoms with Crippen molar-refractivity contribution in [3.05, 3.63) is 0 Å². The molecule has 0 spiro atoms. The number of sulfonamides is 1. The van der Waals surface area contributed by atoms with Crippen LogP contribution in [-0.4, -0.2) is 57.4 Å². The van der Waals surface area contributed by atoms with Crippen LogP contribution >= 0.6 is 0 Å². The summed E-state index contributed by atoms with van der Waals surface area (Å²) in [5, 5.41) is 6.60. The molecule has 0 aromatic heterocycles. The topological polar surface area (TPSA) is 73.8 Å². The van der Waals surface area contributed by atoms with Crippen LogP contribution in [0.25, 0.3) is 0 Å². The van der Waals surface area contributed by atoms with Crippen molar-refractivity contribution in [3.8, 4) is 0 Å². The first-order valence-electron chi connectivity index (χ1n) is 9.19. The summed E-state index contributed by atoms with van der Waals surface area (Å²) < 4.78 is 61.2. The van der Waals surface area contributed by atoms with Gasteiger partial charge >= 0.3 is 15.5 Å². The van der Waals surface area contributed by atoms with Gasteiger partial charge in [-0.3, -0.25) is 4.99 Å². The summed E-state index contributed by atoms with van der Waals surface area (Å²) in [6.07, 6.45) is 6.01. The van der Waals surface area contributed by atoms with Crippen molar-refractivity contribution in [3.63, 3.8) is 0 Å². The van der Waals surface area contributed by atoms with Crippen LogP contribution in [0.3, 0.4) is 0 Å². The average Bonchev–Trinajstić information content (AvgIpc) is 3.46. The van der Waals surface area contributed by atoms with Gasteiger partial charge in [-0.05, 0) is 55.8 Å². The third-order valence-electron chi connectivity index (χ3n) is 5.93. The quantitative estimate of drug-likeness (QED) is 0.531. The van der Waals surface area contributed by atoms with E-state index in [9.17, 15) is 21.6 Å². The summed E-state index contributed by atoms with van der Waals surface area (Å²) in [5.41, 5.74) is -4.76. The van der Waals surface area contributed by atoms with Gasteiger partial charge < -0.3 is 10.6 Å². The van der Waals surface area contributed by atoms with E-state index in [1.165, 1.54) is 25.7 Å². The van der Waals surface area contributed by atoms with Crippen molar-refractivity contribution in [2.75, 3.05) is 33.2 Å². The monoisotopic (exact) mass is 396 g/mol. The smallest absolute Gasteiger partial charge is 0.356 e. The van der Waals surface area contributed by atoms with Gasteiger partial charge in [0.05, 0.1) is 0 Å². The fraction of sp³-hybridized carbons (Fsp3) is 0.938. The van der Waals surface area contributed by atoms with Gasteiger partial charge in [-0.25, -0.2) is 8.42 Å². The number of aliphatic imine (C=N–C) groups is 1. The molecular formula is C16H27F3N4O2S. The first-order chi connectivity index (χ1) is 12.2. The average molecular weight is 396 g/mol. The van der Waals surface area contributed by atoms with Gasteiger partial charge in [-0.2, -0.15) is 17.5 Å². The predicted molar refractivity (Wildman–Crippen MR) is 93.0 cm³/mol. The number of piperidine rings is 1. The van der Waals surface area contributed by atoms with Crippen molar-refractivity contribution in [2.24, 2.45) is 22.2 Å². The van der Waals surface area contributed by atoms with Crippen LogP contribution in [0.4, 0.5) is 13.2 Å². The lowest BCUT2D eigenvalue weighted by Crippen LogP contribution is -2.47. The van der Waals surface area contributed by atoms with E-state index < -0.39 is 15.5 Å². The summed E-state index contributed by atoms with van der Waals surface area (Å²) in [4.78, 5) is 4.21. The Bertz CT molecular complexity index is 634. The standard InChI is InChI=1S/C16H27F3N4O2S/c1-20-14(22-11-15(6-7-15)13-2-3-13)21-10-12-4-8-23(9-5-12)26(24,25)16(17,18)19/h12-13H,2-11H2,1H3,(H2,20,21,22). The number of nitrogens with zero attached hydrogens (tertiary/aromatic N) is 2. The molecule has 0 aromatic carbocycles. The van der Waals surface area contributed by atoms with Gasteiger partial charge in [0.2, 0.25) is 0 Å². The summed E-state index contributed by atoms with van der Waals surface area (Å²) in [5.74, 6) is 1.70. The molecule has 0 amide bonds. The van der Waals surface area contributed by atoms with Crippen molar-refractivity contribution in [1.82, 2.24) is 14.9 Å². The number of hydrogen-bond donors (Lipinski definition) is 2. The van der Waals surface area contributed by atoms with E-state index in [1.54, 1.807) is 7.05 Å². The first kappa shape index (κ1) is 19.7. The number of rotatable bonds is 6. The molecule has 1 aliphatic heterocycles. The van der Waals surface area contributed by atoms with Gasteiger partial charge in [0, 0.05) is 33.2 Å². The predicted octanol–water partition coefficient (Wildman–Crippen LogP) is 1.90. The second-order valence-corrected chi connectivity index (χ2v) is 9.67. The maximum absolute atomic E-state index is 12.6. The van der Waals surface area contributed by atoms with E-state index in [0.29, 0.717) is 35.1 Å². The summed E-state index contributed by atoms with van der Waals surface area (Å²) >= 11 is 0. The molecular weight excluding hydrogens is 369 g/mol. The normalized spacial score (nSPS) is 25.2. The highest BCUT2D eigenvalue weighted by molar-refractivity contribution is 7.90. The molecule has 1 saturated heterocycles. The number of halogens is 3. The fourth-order valence-electron chi connectivity index (χ4n) is 3.81. The van der Waals surface area contributed by atoms with Crippen LogP contribution in [0.15, 0.2) is 4.99 Å². The van der Waals surface area contributed by atoms with Crippen molar-refractivity contribution < 1.29 is 21.6 Å². The number of alkyl halides is 3. The molecule has 3 rings (SSSR count). The molecule has 0 aromatic rings. The highest BCUT2D eigenvalue weighted by Gasteiger charge is 2.53. The molecule has 1 heterocycles. The Morgan fingerprint density at radius 1 is 1.15 bits per heavy atom. The Balaban J connectivity index is 1.40. The molecule has 0 bridgehead atoms. The molecule has 2 aliphatic carbocycles. The van der Waals surface area contributed by atoms with Gasteiger partial charge in [0.1, 0.15) is 0 Å². The van der Waals surface area contributed by atoms with Gasteiger partial charge in [-0.15, -0.1) is 0 Å². The second-order valence-electron chi connectivity index (χ2n) is 7.74. The van der Waals surface area contributed by atoms with Crippen LogP contribution in [0.2, 0.25) is 0 Å². The van der Waals surface area contributed by atoms with E-state index >= 15 is 0 Å². The van der Waals surface area contributed by atoms with E-state index in [-0.39, 0.29) is 19.0 Å². The zero-order chi connectivity index (χ0) is 19.0. The second kappa shape index (κ2) is 7.18. The third kappa shape index (κ3) is 4.27. The van der Waals surface area contributed by atoms with Crippen molar-refractivity contribution >= 4 is 16.0 Å². The molecule has 150 valence electrons. The molecule has 6 nitrogen and oxygen atoms in total. The molecule has 0 unspecified atom stereocenters. The Kier molecular flexibility index (Phi) is 5.45. The van der Waals surface area contributed by atoms with E-state index in [4.69, 9.17) is 0 Å². The van der Waals surface area contributed by atoms with E-state index in [0.717, 1.165) is 12.5 Å². The van der Waals surface area contributed by atoms with Crippen LogP contribution in [0.1, 0.15) is 38.5 Å². The summed E-state index contributed by atoms with van der Waals surface area (Å²) in [6, 6.07) is 0. The lowest BCUT2D eigenvalue weighted by Gasteiger charge is -2.31. The number of hydrogen-bond acceptors (Lipinski definition) is 3. The van der Waals surface area contributed by atoms with Crippen molar-refractivity contribution in [1.29, 1.82) is 0 Å². The minimum atomic E-state index is -5.22. The number of guanidine groups is 1. The highest BCUT2D eigenvalue weighted by atomic mass is 32.2. The zero-order valence-electron chi connectivity index (χ0n) is 15.0. The molecule has 2 saturated carbocycles. The lowest BCUT2D eigenvalue weighted by molar-refractivity contribution is -0.0496. The van der Waals surface area contributed by atoms with Crippen LogP contribution < -0.4 is 10.6 Å². The third-order valence-corrected chi connectivity index (χ3v) is 7.56. The van der Waals surface area contributed by atoms with Crippen LogP contribution in [0.5, 0.6) is 0 Å². The first-order valence-corrected chi connectivity index (χ1v) is 10.6. The summed E-state index contributed by atoms with van der Waals surface area (Å²) in [6.45, 7) is 1.31. The molecule has 3 aliphatic rings. The SMILES string of the molecule is CN=C(NCC1CCN(S(=O)(=O)C(F)(F)F)CC1)NCC1(C2CC2)CC1. The molecule has 2 N–H and O–H groups in total. The lowest BCUT2D eigenvalue weighted by atomic mass is 9.98. The Morgan fingerprint density at radius 3 is 2.23 bits per heavy atom. The maximum atomic E-state index is 12.6. The number of nitrogens with one attached hydrogen (secondary N) is 2. The molecule has 0 radical (unpaired) electrons.